The number of aryl methyl sites for hydroxylation is 1. The minimum absolute atomic E-state index is 0. The van der Waals surface area contributed by atoms with Gasteiger partial charge in [-0.05, 0) is 51.2 Å². The van der Waals surface area contributed by atoms with Gasteiger partial charge in [0.1, 0.15) is 0 Å². The van der Waals surface area contributed by atoms with Gasteiger partial charge >= 0.3 is 0 Å². The summed E-state index contributed by atoms with van der Waals surface area (Å²) in [6.07, 6.45) is 3.53. The highest BCUT2D eigenvalue weighted by molar-refractivity contribution is 14.0. The number of thiazole rings is 1. The van der Waals surface area contributed by atoms with Crippen molar-refractivity contribution in [3.8, 4) is 0 Å². The first kappa shape index (κ1) is 22.6. The molecule has 1 fully saturated rings. The molecule has 2 aromatic rings. The number of aliphatic imine (C=N–C) groups is 1. The van der Waals surface area contributed by atoms with Crippen molar-refractivity contribution in [1.82, 2.24) is 20.5 Å². The first-order valence-corrected chi connectivity index (χ1v) is 11.2. The van der Waals surface area contributed by atoms with Gasteiger partial charge in [0.25, 0.3) is 0 Å². The van der Waals surface area contributed by atoms with E-state index in [-0.39, 0.29) is 24.0 Å². The van der Waals surface area contributed by atoms with Crippen LogP contribution in [0.1, 0.15) is 41.4 Å². The minimum Gasteiger partial charge on any atom is -0.357 e. The second kappa shape index (κ2) is 12.0. The summed E-state index contributed by atoms with van der Waals surface area (Å²) in [6, 6.07) is 4.79. The smallest absolute Gasteiger partial charge is 0.191 e. The van der Waals surface area contributed by atoms with E-state index in [9.17, 15) is 0 Å². The molecular weight excluding hydrogens is 489 g/mol. The van der Waals surface area contributed by atoms with Crippen molar-refractivity contribution >= 4 is 52.6 Å². The van der Waals surface area contributed by atoms with E-state index in [1.807, 2.05) is 11.3 Å². The molecule has 2 N–H and O–H groups in total. The Morgan fingerprint density at radius 1 is 1.30 bits per heavy atom. The lowest BCUT2D eigenvalue weighted by Crippen LogP contribution is -2.39. The summed E-state index contributed by atoms with van der Waals surface area (Å²) in [6.45, 7) is 9.05. The van der Waals surface area contributed by atoms with E-state index in [0.717, 1.165) is 42.7 Å². The standard InChI is InChI=1S/C19H29N5S2.HI/c1-3-20-19(21-9-8-16-14-26-15(2)23-16)22-13-17(18-7-6-12-25-18)24-10-4-5-11-24;/h6-7,12,14,17H,3-5,8-11,13H2,1-2H3,(H2,20,21,22);1H. The highest BCUT2D eigenvalue weighted by Gasteiger charge is 2.24. The molecule has 3 heterocycles. The predicted molar refractivity (Wildman–Crippen MR) is 128 cm³/mol. The van der Waals surface area contributed by atoms with Gasteiger partial charge in [0.05, 0.1) is 23.3 Å². The third-order valence-electron chi connectivity index (χ3n) is 4.56. The maximum absolute atomic E-state index is 4.89. The lowest BCUT2D eigenvalue weighted by atomic mass is 10.2. The van der Waals surface area contributed by atoms with Crippen molar-refractivity contribution in [2.75, 3.05) is 32.7 Å². The SMILES string of the molecule is CCNC(=NCC(c1cccs1)N1CCCC1)NCCc1csc(C)n1.I. The van der Waals surface area contributed by atoms with Crippen molar-refractivity contribution in [3.05, 3.63) is 38.5 Å². The molecule has 150 valence electrons. The highest BCUT2D eigenvalue weighted by atomic mass is 127. The lowest BCUT2D eigenvalue weighted by Gasteiger charge is -2.25. The van der Waals surface area contributed by atoms with E-state index in [0.29, 0.717) is 6.04 Å². The fraction of sp³-hybridized carbons (Fsp3) is 0.579. The minimum atomic E-state index is 0. The average molecular weight is 520 g/mol. The molecule has 1 saturated heterocycles. The Kier molecular flexibility index (Phi) is 10.0. The van der Waals surface area contributed by atoms with Crippen molar-refractivity contribution in [1.29, 1.82) is 0 Å². The van der Waals surface area contributed by atoms with Gasteiger partial charge in [0.15, 0.2) is 5.96 Å². The van der Waals surface area contributed by atoms with Crippen LogP contribution in [0.4, 0.5) is 0 Å². The Hall–Kier alpha value is -0.710. The molecule has 5 nitrogen and oxygen atoms in total. The molecule has 27 heavy (non-hydrogen) atoms. The van der Waals surface area contributed by atoms with Gasteiger partial charge in [-0.25, -0.2) is 4.98 Å². The molecule has 0 amide bonds. The van der Waals surface area contributed by atoms with Crippen molar-refractivity contribution < 1.29 is 0 Å². The van der Waals surface area contributed by atoms with Crippen LogP contribution in [0.25, 0.3) is 0 Å². The van der Waals surface area contributed by atoms with Crippen LogP contribution >= 0.6 is 46.7 Å². The van der Waals surface area contributed by atoms with Crippen LogP contribution in [0.2, 0.25) is 0 Å². The first-order valence-electron chi connectivity index (χ1n) is 9.47. The van der Waals surface area contributed by atoms with E-state index in [1.54, 1.807) is 11.3 Å². The van der Waals surface area contributed by atoms with E-state index in [1.165, 1.54) is 30.8 Å². The summed E-state index contributed by atoms with van der Waals surface area (Å²) in [5, 5.41) is 12.3. The zero-order valence-electron chi connectivity index (χ0n) is 16.1. The first-order chi connectivity index (χ1) is 12.8. The van der Waals surface area contributed by atoms with Gasteiger partial charge in [-0.1, -0.05) is 6.07 Å². The molecule has 8 heteroatoms. The lowest BCUT2D eigenvalue weighted by molar-refractivity contribution is 0.255. The van der Waals surface area contributed by atoms with E-state index >= 15 is 0 Å². The molecule has 1 unspecified atom stereocenters. The number of rotatable bonds is 8. The zero-order valence-corrected chi connectivity index (χ0v) is 20.1. The van der Waals surface area contributed by atoms with Gasteiger partial charge in [-0.2, -0.15) is 0 Å². The average Bonchev–Trinajstić information content (AvgIpc) is 3.38. The summed E-state index contributed by atoms with van der Waals surface area (Å²) in [5.74, 6) is 0.903. The van der Waals surface area contributed by atoms with Gasteiger partial charge in [-0.3, -0.25) is 9.89 Å². The number of guanidine groups is 1. The van der Waals surface area contributed by atoms with Crippen LogP contribution < -0.4 is 10.6 Å². The number of nitrogens with one attached hydrogen (secondary N) is 2. The Morgan fingerprint density at radius 3 is 2.74 bits per heavy atom. The third-order valence-corrected chi connectivity index (χ3v) is 6.36. The monoisotopic (exact) mass is 519 g/mol. The van der Waals surface area contributed by atoms with Gasteiger partial charge in [0, 0.05) is 29.8 Å². The normalized spacial score (nSPS) is 16.1. The van der Waals surface area contributed by atoms with Crippen LogP contribution in [0.15, 0.2) is 27.9 Å². The van der Waals surface area contributed by atoms with Gasteiger partial charge in [0.2, 0.25) is 0 Å². The fourth-order valence-corrected chi connectivity index (χ4v) is 4.77. The maximum Gasteiger partial charge on any atom is 0.191 e. The third kappa shape index (κ3) is 6.99. The van der Waals surface area contributed by atoms with Crippen molar-refractivity contribution in [2.24, 2.45) is 4.99 Å². The number of likely N-dealkylation sites (tertiary alicyclic amines) is 1. The van der Waals surface area contributed by atoms with Gasteiger partial charge in [-0.15, -0.1) is 46.7 Å². The van der Waals surface area contributed by atoms with E-state index < -0.39 is 0 Å². The number of aromatic nitrogens is 1. The fourth-order valence-electron chi connectivity index (χ4n) is 3.27. The number of hydrogen-bond acceptors (Lipinski definition) is 5. The second-order valence-electron chi connectivity index (χ2n) is 6.53. The topological polar surface area (TPSA) is 52.6 Å². The van der Waals surface area contributed by atoms with Crippen LogP contribution in [0, 0.1) is 6.92 Å². The van der Waals surface area contributed by atoms with Crippen LogP contribution in [0.3, 0.4) is 0 Å². The number of thiophene rings is 1. The van der Waals surface area contributed by atoms with Crippen LogP contribution in [0.5, 0.6) is 0 Å². The molecule has 0 aromatic carbocycles. The van der Waals surface area contributed by atoms with Crippen molar-refractivity contribution in [2.45, 2.75) is 39.2 Å². The second-order valence-corrected chi connectivity index (χ2v) is 8.57. The molecule has 0 spiro atoms. The number of hydrogen-bond donors (Lipinski definition) is 2. The molecule has 2 aromatic heterocycles. The molecule has 1 aliphatic heterocycles. The molecule has 3 rings (SSSR count). The summed E-state index contributed by atoms with van der Waals surface area (Å²) in [4.78, 5) is 13.4. The Morgan fingerprint density at radius 2 is 2.11 bits per heavy atom. The molecule has 0 aliphatic carbocycles. The molecule has 0 saturated carbocycles. The molecule has 1 atom stereocenters. The molecule has 0 bridgehead atoms. The van der Waals surface area contributed by atoms with Crippen molar-refractivity contribution in [3.63, 3.8) is 0 Å². The van der Waals surface area contributed by atoms with E-state index in [4.69, 9.17) is 4.99 Å². The Balaban J connectivity index is 0.00000261. The Labute approximate surface area is 187 Å². The molecule has 0 radical (unpaired) electrons. The molecular formula is C19H30IN5S2. The summed E-state index contributed by atoms with van der Waals surface area (Å²) < 4.78 is 0. The quantitative estimate of drug-likeness (QED) is 0.314. The summed E-state index contributed by atoms with van der Waals surface area (Å²) >= 11 is 3.55. The van der Waals surface area contributed by atoms with Crippen LogP contribution in [-0.2, 0) is 6.42 Å². The number of nitrogens with zero attached hydrogens (tertiary/aromatic N) is 3. The number of halogens is 1. The predicted octanol–water partition coefficient (Wildman–Crippen LogP) is 4.07. The molecule has 1 aliphatic rings. The zero-order chi connectivity index (χ0) is 18.2. The summed E-state index contributed by atoms with van der Waals surface area (Å²) in [7, 11) is 0. The maximum atomic E-state index is 4.89. The van der Waals surface area contributed by atoms with Gasteiger partial charge < -0.3 is 10.6 Å². The van der Waals surface area contributed by atoms with E-state index in [2.05, 4.69) is 57.3 Å². The Bertz CT molecular complexity index is 680. The largest absolute Gasteiger partial charge is 0.357 e. The summed E-state index contributed by atoms with van der Waals surface area (Å²) in [5.41, 5.74) is 1.16. The van der Waals surface area contributed by atoms with Crippen LogP contribution in [-0.4, -0.2) is 48.6 Å². The highest BCUT2D eigenvalue weighted by Crippen LogP contribution is 2.28.